The summed E-state index contributed by atoms with van der Waals surface area (Å²) in [5.41, 5.74) is 3.82. The molecule has 0 radical (unpaired) electrons. The molecule has 11 heavy (non-hydrogen) atoms. The second kappa shape index (κ2) is 2.19. The Morgan fingerprint density at radius 2 is 2.36 bits per heavy atom. The minimum atomic E-state index is 0.185. The zero-order chi connectivity index (χ0) is 7.84. The Bertz CT molecular complexity index is 302. The predicted octanol–water partition coefficient (Wildman–Crippen LogP) is 1.83. The molecule has 1 aromatic carbocycles. The molecule has 0 aliphatic heterocycles. The van der Waals surface area contributed by atoms with Gasteiger partial charge in [-0.25, -0.2) is 0 Å². The van der Waals surface area contributed by atoms with Crippen LogP contribution >= 0.6 is 0 Å². The number of hydrogen-bond acceptors (Lipinski definition) is 1. The predicted molar refractivity (Wildman–Crippen MR) is 43.7 cm³/mol. The van der Waals surface area contributed by atoms with Crippen LogP contribution in [0.4, 0.5) is 0 Å². The third kappa shape index (κ3) is 0.881. The molecule has 0 saturated carbocycles. The smallest absolute Gasteiger partial charge is 0.127 e. The topological polar surface area (TPSA) is 17.1 Å². The number of aldehydes is 1. The number of hydrogen-bond donors (Lipinski definition) is 0. The molecule has 0 spiro atoms. The van der Waals surface area contributed by atoms with Crippen LogP contribution in [0.5, 0.6) is 0 Å². The van der Waals surface area contributed by atoms with Crippen LogP contribution in [0.1, 0.15) is 22.6 Å². The fourth-order valence-electron chi connectivity index (χ4n) is 1.58. The van der Waals surface area contributed by atoms with Crippen LogP contribution in [0.3, 0.4) is 0 Å². The van der Waals surface area contributed by atoms with Crippen LogP contribution in [0.2, 0.25) is 0 Å². The summed E-state index contributed by atoms with van der Waals surface area (Å²) in [6.45, 7) is 2.06. The van der Waals surface area contributed by atoms with E-state index in [0.29, 0.717) is 0 Å². The molecule has 0 aromatic heterocycles. The SMILES string of the molecule is Cc1ccc2c(c1)C(C=O)C2. The molecule has 1 nitrogen and oxygen atoms in total. The van der Waals surface area contributed by atoms with Crippen molar-refractivity contribution < 1.29 is 4.79 Å². The first-order valence-corrected chi connectivity index (χ1v) is 3.86. The molecule has 1 aliphatic carbocycles. The standard InChI is InChI=1S/C10H10O/c1-7-2-3-8-5-9(6-11)10(8)4-7/h2-4,6,9H,5H2,1H3. The lowest BCUT2D eigenvalue weighted by molar-refractivity contribution is -0.109. The first-order chi connectivity index (χ1) is 5.31. The maximum atomic E-state index is 10.5. The molecule has 2 rings (SSSR count). The average Bonchev–Trinajstić information content (AvgIpc) is 1.97. The van der Waals surface area contributed by atoms with Gasteiger partial charge in [-0.05, 0) is 24.5 Å². The molecule has 1 aromatic rings. The van der Waals surface area contributed by atoms with Crippen molar-refractivity contribution in [1.82, 2.24) is 0 Å². The third-order valence-corrected chi connectivity index (χ3v) is 2.30. The van der Waals surface area contributed by atoms with Gasteiger partial charge in [-0.3, -0.25) is 0 Å². The Hall–Kier alpha value is -1.11. The molecule has 0 fully saturated rings. The van der Waals surface area contributed by atoms with E-state index in [1.165, 1.54) is 16.7 Å². The van der Waals surface area contributed by atoms with E-state index in [0.717, 1.165) is 12.7 Å². The third-order valence-electron chi connectivity index (χ3n) is 2.30. The number of aryl methyl sites for hydroxylation is 1. The van der Waals surface area contributed by atoms with Gasteiger partial charge >= 0.3 is 0 Å². The van der Waals surface area contributed by atoms with Crippen LogP contribution < -0.4 is 0 Å². The second-order valence-electron chi connectivity index (χ2n) is 3.15. The highest BCUT2D eigenvalue weighted by Crippen LogP contribution is 2.33. The maximum Gasteiger partial charge on any atom is 0.127 e. The zero-order valence-corrected chi connectivity index (χ0v) is 6.50. The van der Waals surface area contributed by atoms with Gasteiger partial charge < -0.3 is 4.79 Å². The van der Waals surface area contributed by atoms with Gasteiger partial charge in [-0.1, -0.05) is 23.8 Å². The molecular formula is C10H10O. The summed E-state index contributed by atoms with van der Waals surface area (Å²) in [7, 11) is 0. The highest BCUT2D eigenvalue weighted by molar-refractivity contribution is 5.69. The van der Waals surface area contributed by atoms with Gasteiger partial charge in [0.05, 0.1) is 0 Å². The molecule has 1 aliphatic rings. The van der Waals surface area contributed by atoms with Crippen LogP contribution in [0.25, 0.3) is 0 Å². The molecule has 1 atom stereocenters. The maximum absolute atomic E-state index is 10.5. The number of carbonyl (C=O) groups is 1. The fraction of sp³-hybridized carbons (Fsp3) is 0.300. The van der Waals surface area contributed by atoms with E-state index in [1.807, 2.05) is 0 Å². The van der Waals surface area contributed by atoms with Gasteiger partial charge in [0.1, 0.15) is 6.29 Å². The molecule has 0 N–H and O–H groups in total. The largest absolute Gasteiger partial charge is 0.303 e. The molecular weight excluding hydrogens is 136 g/mol. The van der Waals surface area contributed by atoms with Crippen LogP contribution in [0.15, 0.2) is 18.2 Å². The summed E-state index contributed by atoms with van der Waals surface area (Å²) in [6.07, 6.45) is 1.99. The summed E-state index contributed by atoms with van der Waals surface area (Å²) in [4.78, 5) is 10.5. The zero-order valence-electron chi connectivity index (χ0n) is 6.50. The van der Waals surface area contributed by atoms with Crippen molar-refractivity contribution in [3.05, 3.63) is 34.9 Å². The molecule has 0 heterocycles. The van der Waals surface area contributed by atoms with Crippen molar-refractivity contribution in [3.8, 4) is 0 Å². The van der Waals surface area contributed by atoms with E-state index < -0.39 is 0 Å². The highest BCUT2D eigenvalue weighted by atomic mass is 16.1. The van der Waals surface area contributed by atoms with E-state index >= 15 is 0 Å². The van der Waals surface area contributed by atoms with Gasteiger partial charge in [-0.2, -0.15) is 0 Å². The fourth-order valence-corrected chi connectivity index (χ4v) is 1.58. The number of rotatable bonds is 1. The Labute approximate surface area is 66.0 Å². The molecule has 1 heteroatoms. The van der Waals surface area contributed by atoms with E-state index in [-0.39, 0.29) is 5.92 Å². The molecule has 1 unspecified atom stereocenters. The lowest BCUT2D eigenvalue weighted by Gasteiger charge is -2.25. The van der Waals surface area contributed by atoms with Crippen molar-refractivity contribution in [2.45, 2.75) is 19.3 Å². The van der Waals surface area contributed by atoms with E-state index in [1.54, 1.807) is 0 Å². The van der Waals surface area contributed by atoms with E-state index in [9.17, 15) is 4.79 Å². The van der Waals surface area contributed by atoms with Gasteiger partial charge in [0, 0.05) is 5.92 Å². The van der Waals surface area contributed by atoms with Crippen LogP contribution in [-0.2, 0) is 11.2 Å². The highest BCUT2D eigenvalue weighted by Gasteiger charge is 2.24. The van der Waals surface area contributed by atoms with Gasteiger partial charge in [0.15, 0.2) is 0 Å². The Balaban J connectivity index is 2.44. The number of fused-ring (bicyclic) bond motifs is 1. The molecule has 56 valence electrons. The second-order valence-corrected chi connectivity index (χ2v) is 3.15. The van der Waals surface area contributed by atoms with Crippen LogP contribution in [-0.4, -0.2) is 6.29 Å². The first-order valence-electron chi connectivity index (χ1n) is 3.86. The van der Waals surface area contributed by atoms with Crippen molar-refractivity contribution in [3.63, 3.8) is 0 Å². The van der Waals surface area contributed by atoms with E-state index in [2.05, 4.69) is 25.1 Å². The molecule has 0 bridgehead atoms. The number of benzene rings is 1. The van der Waals surface area contributed by atoms with Gasteiger partial charge in [0.2, 0.25) is 0 Å². The Morgan fingerprint density at radius 3 is 3.09 bits per heavy atom. The quantitative estimate of drug-likeness (QED) is 0.552. The van der Waals surface area contributed by atoms with Crippen molar-refractivity contribution in [2.24, 2.45) is 0 Å². The molecule has 0 amide bonds. The summed E-state index contributed by atoms with van der Waals surface area (Å²) in [5.74, 6) is 0.185. The van der Waals surface area contributed by atoms with E-state index in [4.69, 9.17) is 0 Å². The Kier molecular flexibility index (Phi) is 1.31. The monoisotopic (exact) mass is 146 g/mol. The van der Waals surface area contributed by atoms with Crippen LogP contribution in [0, 0.1) is 6.92 Å². The summed E-state index contributed by atoms with van der Waals surface area (Å²) in [5, 5.41) is 0. The average molecular weight is 146 g/mol. The number of carbonyl (C=O) groups excluding carboxylic acids is 1. The van der Waals surface area contributed by atoms with Gasteiger partial charge in [-0.15, -0.1) is 0 Å². The minimum absolute atomic E-state index is 0.185. The minimum Gasteiger partial charge on any atom is -0.303 e. The summed E-state index contributed by atoms with van der Waals surface area (Å²) >= 11 is 0. The lowest BCUT2D eigenvalue weighted by atomic mass is 9.78. The Morgan fingerprint density at radius 1 is 1.55 bits per heavy atom. The normalized spacial score (nSPS) is 20.3. The van der Waals surface area contributed by atoms with Crippen molar-refractivity contribution in [1.29, 1.82) is 0 Å². The van der Waals surface area contributed by atoms with Gasteiger partial charge in [0.25, 0.3) is 0 Å². The van der Waals surface area contributed by atoms with Crippen molar-refractivity contribution in [2.75, 3.05) is 0 Å². The lowest BCUT2D eigenvalue weighted by Crippen LogP contribution is -2.17. The summed E-state index contributed by atoms with van der Waals surface area (Å²) < 4.78 is 0. The summed E-state index contributed by atoms with van der Waals surface area (Å²) in [6, 6.07) is 6.32. The van der Waals surface area contributed by atoms with Crippen molar-refractivity contribution >= 4 is 6.29 Å². The molecule has 0 saturated heterocycles. The first kappa shape index (κ1) is 6.59.